The van der Waals surface area contributed by atoms with Crippen molar-refractivity contribution in [2.24, 2.45) is 5.92 Å². The molecule has 27 heavy (non-hydrogen) atoms. The number of piperazine rings is 1. The van der Waals surface area contributed by atoms with Gasteiger partial charge in [-0.1, -0.05) is 11.6 Å². The van der Waals surface area contributed by atoms with E-state index in [-0.39, 0.29) is 34.8 Å². The number of rotatable bonds is 4. The Morgan fingerprint density at radius 3 is 2.37 bits per heavy atom. The van der Waals surface area contributed by atoms with Crippen LogP contribution in [0.4, 0.5) is 4.39 Å². The summed E-state index contributed by atoms with van der Waals surface area (Å²) in [7, 11) is 0. The zero-order chi connectivity index (χ0) is 18.5. The Labute approximate surface area is 170 Å². The van der Waals surface area contributed by atoms with Gasteiger partial charge >= 0.3 is 0 Å². The van der Waals surface area contributed by atoms with Crippen LogP contribution in [0.3, 0.4) is 0 Å². The van der Waals surface area contributed by atoms with Gasteiger partial charge in [0.05, 0.1) is 5.56 Å². The van der Waals surface area contributed by atoms with E-state index in [1.54, 1.807) is 4.90 Å². The largest absolute Gasteiger partial charge is 0.339 e. The number of piperidine rings is 1. The summed E-state index contributed by atoms with van der Waals surface area (Å²) in [5.74, 6) is -0.159. The summed E-state index contributed by atoms with van der Waals surface area (Å²) in [6.07, 6.45) is 3.80. The Morgan fingerprint density at radius 1 is 1.11 bits per heavy atom. The van der Waals surface area contributed by atoms with E-state index in [2.05, 4.69) is 5.32 Å². The van der Waals surface area contributed by atoms with Crippen LogP contribution in [-0.4, -0.2) is 60.9 Å². The molecule has 2 heterocycles. The Kier molecular flexibility index (Phi) is 8.32. The van der Waals surface area contributed by atoms with Crippen molar-refractivity contribution in [2.75, 3.05) is 39.3 Å². The van der Waals surface area contributed by atoms with E-state index in [1.807, 2.05) is 4.90 Å². The number of hydrogen-bond donors (Lipinski definition) is 1. The second-order valence-electron chi connectivity index (χ2n) is 7.03. The lowest BCUT2D eigenvalue weighted by molar-refractivity contribution is -0.133. The molecule has 2 aliphatic rings. The third-order valence-corrected chi connectivity index (χ3v) is 5.54. The quantitative estimate of drug-likeness (QED) is 0.818. The first-order valence-electron chi connectivity index (χ1n) is 9.27. The van der Waals surface area contributed by atoms with Gasteiger partial charge in [0.25, 0.3) is 5.91 Å². The number of nitrogens with one attached hydrogen (secondary N) is 1. The maximum atomic E-state index is 13.9. The van der Waals surface area contributed by atoms with E-state index in [4.69, 9.17) is 11.6 Å². The maximum Gasteiger partial charge on any atom is 0.256 e. The zero-order valence-electron chi connectivity index (χ0n) is 15.3. The standard InChI is InChI=1S/C19H25ClFN3O2.ClH/c20-15-2-3-16(17(21)13-15)19(26)24-11-9-23(10-12-24)18(25)4-1-14-5-7-22-8-6-14;/h2-3,13-14,22H,1,4-12H2;1H. The number of carbonyl (C=O) groups is 2. The van der Waals surface area contributed by atoms with Gasteiger partial charge in [0.2, 0.25) is 5.91 Å². The lowest BCUT2D eigenvalue weighted by atomic mass is 9.93. The van der Waals surface area contributed by atoms with Crippen LogP contribution >= 0.6 is 24.0 Å². The minimum absolute atomic E-state index is 0. The predicted molar refractivity (Wildman–Crippen MR) is 106 cm³/mol. The fourth-order valence-corrected chi connectivity index (χ4v) is 3.81. The van der Waals surface area contributed by atoms with E-state index in [1.165, 1.54) is 12.1 Å². The van der Waals surface area contributed by atoms with Gasteiger partial charge in [-0.2, -0.15) is 0 Å². The van der Waals surface area contributed by atoms with Gasteiger partial charge in [-0.05, 0) is 56.5 Å². The lowest BCUT2D eigenvalue weighted by Crippen LogP contribution is -2.50. The Bertz CT molecular complexity index is 660. The van der Waals surface area contributed by atoms with Crippen LogP contribution in [0, 0.1) is 11.7 Å². The van der Waals surface area contributed by atoms with Gasteiger partial charge in [-0.3, -0.25) is 9.59 Å². The first kappa shape index (κ1) is 21.9. The van der Waals surface area contributed by atoms with Crippen molar-refractivity contribution in [1.82, 2.24) is 15.1 Å². The molecular formula is C19H26Cl2FN3O2. The van der Waals surface area contributed by atoms with Crippen LogP contribution in [0.1, 0.15) is 36.0 Å². The number of nitrogens with zero attached hydrogens (tertiary/aromatic N) is 2. The van der Waals surface area contributed by atoms with Crippen molar-refractivity contribution in [3.8, 4) is 0 Å². The van der Waals surface area contributed by atoms with E-state index in [9.17, 15) is 14.0 Å². The summed E-state index contributed by atoms with van der Waals surface area (Å²) in [6.45, 7) is 3.96. The topological polar surface area (TPSA) is 52.7 Å². The van der Waals surface area contributed by atoms with E-state index >= 15 is 0 Å². The number of benzene rings is 1. The Balaban J connectivity index is 0.00000261. The van der Waals surface area contributed by atoms with Crippen LogP contribution in [0.15, 0.2) is 18.2 Å². The molecular weight excluding hydrogens is 392 g/mol. The molecule has 1 N–H and O–H groups in total. The van der Waals surface area contributed by atoms with E-state index < -0.39 is 5.82 Å². The van der Waals surface area contributed by atoms with Crippen LogP contribution in [0.2, 0.25) is 5.02 Å². The van der Waals surface area contributed by atoms with Crippen LogP contribution in [0.5, 0.6) is 0 Å². The summed E-state index contributed by atoms with van der Waals surface area (Å²) >= 11 is 5.73. The minimum Gasteiger partial charge on any atom is -0.339 e. The molecule has 0 bridgehead atoms. The van der Waals surface area contributed by atoms with E-state index in [0.717, 1.165) is 38.4 Å². The van der Waals surface area contributed by atoms with Gasteiger partial charge in [0.15, 0.2) is 0 Å². The molecule has 150 valence electrons. The maximum absolute atomic E-state index is 13.9. The van der Waals surface area contributed by atoms with Gasteiger partial charge in [0, 0.05) is 37.6 Å². The Hall–Kier alpha value is -1.37. The highest BCUT2D eigenvalue weighted by Crippen LogP contribution is 2.20. The van der Waals surface area contributed by atoms with Crippen LogP contribution in [-0.2, 0) is 4.79 Å². The van der Waals surface area contributed by atoms with Gasteiger partial charge < -0.3 is 15.1 Å². The fraction of sp³-hybridized carbons (Fsp3) is 0.579. The lowest BCUT2D eigenvalue weighted by Gasteiger charge is -2.35. The number of hydrogen-bond acceptors (Lipinski definition) is 3. The SMILES string of the molecule is Cl.O=C(CCC1CCNCC1)N1CCN(C(=O)c2ccc(Cl)cc2F)CC1. The van der Waals surface area contributed by atoms with Gasteiger partial charge in [-0.25, -0.2) is 4.39 Å². The molecule has 0 aliphatic carbocycles. The van der Waals surface area contributed by atoms with Crippen molar-refractivity contribution in [3.63, 3.8) is 0 Å². The number of amides is 2. The minimum atomic E-state index is -0.608. The molecule has 1 aromatic carbocycles. The highest BCUT2D eigenvalue weighted by molar-refractivity contribution is 6.30. The third-order valence-electron chi connectivity index (χ3n) is 5.31. The highest BCUT2D eigenvalue weighted by Gasteiger charge is 2.26. The number of carbonyl (C=O) groups excluding carboxylic acids is 2. The molecule has 2 amide bonds. The fourth-order valence-electron chi connectivity index (χ4n) is 3.65. The van der Waals surface area contributed by atoms with Gasteiger partial charge in [0.1, 0.15) is 5.82 Å². The number of halogens is 3. The summed E-state index contributed by atoms with van der Waals surface area (Å²) in [5, 5.41) is 3.60. The molecule has 1 aromatic rings. The van der Waals surface area contributed by atoms with Crippen LogP contribution in [0.25, 0.3) is 0 Å². The average Bonchev–Trinajstić information content (AvgIpc) is 2.66. The molecule has 5 nitrogen and oxygen atoms in total. The van der Waals surface area contributed by atoms with Crippen molar-refractivity contribution < 1.29 is 14.0 Å². The molecule has 2 saturated heterocycles. The summed E-state index contributed by atoms with van der Waals surface area (Å²) in [6, 6.07) is 4.07. The molecule has 2 fully saturated rings. The van der Waals surface area contributed by atoms with Crippen molar-refractivity contribution in [2.45, 2.75) is 25.7 Å². The van der Waals surface area contributed by atoms with Crippen LogP contribution < -0.4 is 5.32 Å². The monoisotopic (exact) mass is 417 g/mol. The molecule has 8 heteroatoms. The molecule has 0 radical (unpaired) electrons. The Morgan fingerprint density at radius 2 is 1.74 bits per heavy atom. The van der Waals surface area contributed by atoms with Gasteiger partial charge in [-0.15, -0.1) is 12.4 Å². The molecule has 3 rings (SSSR count). The molecule has 2 aliphatic heterocycles. The summed E-state index contributed by atoms with van der Waals surface area (Å²) in [5.41, 5.74) is 0.0279. The van der Waals surface area contributed by atoms with E-state index in [0.29, 0.717) is 38.5 Å². The first-order chi connectivity index (χ1) is 12.5. The molecule has 0 aromatic heterocycles. The third kappa shape index (κ3) is 5.80. The van der Waals surface area contributed by atoms with Crippen molar-refractivity contribution >= 4 is 35.8 Å². The van der Waals surface area contributed by atoms with Crippen molar-refractivity contribution in [1.29, 1.82) is 0 Å². The normalized spacial score (nSPS) is 18.1. The first-order valence-corrected chi connectivity index (χ1v) is 9.65. The second kappa shape index (κ2) is 10.2. The second-order valence-corrected chi connectivity index (χ2v) is 7.47. The van der Waals surface area contributed by atoms with Crippen molar-refractivity contribution in [3.05, 3.63) is 34.6 Å². The average molecular weight is 418 g/mol. The predicted octanol–water partition coefficient (Wildman–Crippen LogP) is 2.97. The molecule has 0 spiro atoms. The smallest absolute Gasteiger partial charge is 0.256 e. The molecule has 0 atom stereocenters. The molecule has 0 saturated carbocycles. The summed E-state index contributed by atoms with van der Waals surface area (Å²) < 4.78 is 13.9. The highest BCUT2D eigenvalue weighted by atomic mass is 35.5. The summed E-state index contributed by atoms with van der Waals surface area (Å²) in [4.78, 5) is 28.3. The zero-order valence-corrected chi connectivity index (χ0v) is 16.8. The molecule has 0 unspecified atom stereocenters.